The summed E-state index contributed by atoms with van der Waals surface area (Å²) >= 11 is 5.73. The first-order valence-electron chi connectivity index (χ1n) is 4.90. The van der Waals surface area contributed by atoms with Gasteiger partial charge in [-0.2, -0.15) is 21.6 Å². The second kappa shape index (κ2) is 4.57. The van der Waals surface area contributed by atoms with E-state index >= 15 is 0 Å². The van der Waals surface area contributed by atoms with Crippen LogP contribution in [0.4, 0.5) is 13.2 Å². The highest BCUT2D eigenvalue weighted by molar-refractivity contribution is 7.88. The first-order chi connectivity index (χ1) is 8.71. The van der Waals surface area contributed by atoms with Gasteiger partial charge < -0.3 is 4.18 Å². The van der Waals surface area contributed by atoms with Crippen molar-refractivity contribution in [3.63, 3.8) is 0 Å². The minimum Gasteiger partial charge on any atom is -0.375 e. The molecule has 2 aliphatic carbocycles. The smallest absolute Gasteiger partial charge is 0.375 e. The lowest BCUT2D eigenvalue weighted by atomic mass is 10.2. The van der Waals surface area contributed by atoms with Crippen molar-refractivity contribution in [2.24, 2.45) is 0 Å². The molecule has 2 rings (SSSR count). The SMILES string of the molecule is O=S(=O)(Oc1ccc2ccc(Cl)ccc1-2)C(F)(F)F. The first kappa shape index (κ1) is 14.0. The van der Waals surface area contributed by atoms with Crippen LogP contribution in [0.5, 0.6) is 5.75 Å². The zero-order valence-electron chi connectivity index (χ0n) is 9.11. The van der Waals surface area contributed by atoms with Crippen LogP contribution in [0.3, 0.4) is 0 Å². The molecular formula is C11H6ClF3O3S. The van der Waals surface area contributed by atoms with E-state index in [1.165, 1.54) is 24.3 Å². The highest BCUT2D eigenvalue weighted by Gasteiger charge is 2.48. The summed E-state index contributed by atoms with van der Waals surface area (Å²) in [6, 6.07) is 8.49. The van der Waals surface area contributed by atoms with Gasteiger partial charge in [-0.25, -0.2) is 0 Å². The summed E-state index contributed by atoms with van der Waals surface area (Å²) in [6.07, 6.45) is 0. The summed E-state index contributed by atoms with van der Waals surface area (Å²) in [5.74, 6) is -0.389. The molecule has 0 unspecified atom stereocenters. The average molecular weight is 311 g/mol. The Morgan fingerprint density at radius 1 is 1.00 bits per heavy atom. The summed E-state index contributed by atoms with van der Waals surface area (Å²) in [7, 11) is -5.68. The molecule has 8 heteroatoms. The summed E-state index contributed by atoms with van der Waals surface area (Å²) < 4.78 is 62.7. The van der Waals surface area contributed by atoms with Crippen molar-refractivity contribution in [3.05, 3.63) is 41.4 Å². The molecule has 0 radical (unpaired) electrons. The van der Waals surface area contributed by atoms with Crippen molar-refractivity contribution in [1.82, 2.24) is 0 Å². The molecule has 2 aliphatic rings. The van der Waals surface area contributed by atoms with Crippen molar-refractivity contribution < 1.29 is 25.8 Å². The lowest BCUT2D eigenvalue weighted by Gasteiger charge is -2.09. The van der Waals surface area contributed by atoms with Gasteiger partial charge in [0.1, 0.15) is 0 Å². The maximum atomic E-state index is 12.2. The molecule has 19 heavy (non-hydrogen) atoms. The van der Waals surface area contributed by atoms with E-state index in [1.54, 1.807) is 6.07 Å². The van der Waals surface area contributed by atoms with Gasteiger partial charge in [-0.05, 0) is 29.8 Å². The van der Waals surface area contributed by atoms with Crippen molar-refractivity contribution in [3.8, 4) is 16.9 Å². The number of hydrogen-bond donors (Lipinski definition) is 0. The van der Waals surface area contributed by atoms with Gasteiger partial charge in [0.25, 0.3) is 0 Å². The van der Waals surface area contributed by atoms with Gasteiger partial charge in [0, 0.05) is 10.6 Å². The molecule has 0 atom stereocenters. The molecule has 0 aromatic heterocycles. The molecule has 0 bridgehead atoms. The predicted octanol–water partition coefficient (Wildman–Crippen LogP) is 3.67. The molecule has 0 aromatic carbocycles. The van der Waals surface area contributed by atoms with E-state index in [0.29, 0.717) is 10.6 Å². The second-order valence-corrected chi connectivity index (χ2v) is 5.58. The molecule has 0 heterocycles. The molecule has 0 aliphatic heterocycles. The van der Waals surface area contributed by atoms with Crippen LogP contribution in [-0.4, -0.2) is 13.9 Å². The number of halogens is 4. The zero-order valence-corrected chi connectivity index (χ0v) is 10.7. The van der Waals surface area contributed by atoms with Gasteiger partial charge in [0.2, 0.25) is 0 Å². The van der Waals surface area contributed by atoms with E-state index in [4.69, 9.17) is 11.6 Å². The Morgan fingerprint density at radius 2 is 1.58 bits per heavy atom. The van der Waals surface area contributed by atoms with Crippen LogP contribution in [0.25, 0.3) is 11.1 Å². The normalized spacial score (nSPS) is 12.6. The topological polar surface area (TPSA) is 43.4 Å². The van der Waals surface area contributed by atoms with Crippen LogP contribution < -0.4 is 4.18 Å². The Bertz CT molecular complexity index is 682. The molecule has 0 fully saturated rings. The van der Waals surface area contributed by atoms with Crippen LogP contribution in [-0.2, 0) is 10.1 Å². The highest BCUT2D eigenvalue weighted by atomic mass is 35.5. The fraction of sp³-hybridized carbons (Fsp3) is 0.0909. The van der Waals surface area contributed by atoms with Gasteiger partial charge in [0.15, 0.2) is 5.75 Å². The van der Waals surface area contributed by atoms with Gasteiger partial charge >= 0.3 is 15.6 Å². The van der Waals surface area contributed by atoms with Crippen LogP contribution in [0.15, 0.2) is 36.4 Å². The maximum Gasteiger partial charge on any atom is 0.534 e. The van der Waals surface area contributed by atoms with Crippen molar-refractivity contribution in [2.45, 2.75) is 5.51 Å². The van der Waals surface area contributed by atoms with E-state index in [1.807, 2.05) is 0 Å². The Morgan fingerprint density at radius 3 is 2.21 bits per heavy atom. The van der Waals surface area contributed by atoms with Gasteiger partial charge in [-0.1, -0.05) is 23.7 Å². The van der Waals surface area contributed by atoms with Gasteiger partial charge in [0.05, 0.1) is 0 Å². The van der Waals surface area contributed by atoms with Gasteiger partial charge in [-0.15, -0.1) is 0 Å². The van der Waals surface area contributed by atoms with Crippen LogP contribution >= 0.6 is 11.6 Å². The van der Waals surface area contributed by atoms with Crippen molar-refractivity contribution in [1.29, 1.82) is 0 Å². The highest BCUT2D eigenvalue weighted by Crippen LogP contribution is 2.37. The fourth-order valence-corrected chi connectivity index (χ4v) is 2.04. The number of alkyl halides is 3. The maximum absolute atomic E-state index is 12.2. The van der Waals surface area contributed by atoms with Gasteiger partial charge in [-0.3, -0.25) is 0 Å². The average Bonchev–Trinajstić information content (AvgIpc) is 2.53. The second-order valence-electron chi connectivity index (χ2n) is 3.60. The van der Waals surface area contributed by atoms with Crippen molar-refractivity contribution >= 4 is 21.7 Å². The quantitative estimate of drug-likeness (QED) is 0.628. The molecule has 0 amide bonds. The summed E-state index contributed by atoms with van der Waals surface area (Å²) in [5, 5.41) is 0.362. The van der Waals surface area contributed by atoms with E-state index in [-0.39, 0.29) is 11.3 Å². The molecule has 0 N–H and O–H groups in total. The summed E-state index contributed by atoms with van der Waals surface area (Å²) in [6.45, 7) is 0. The van der Waals surface area contributed by atoms with E-state index in [2.05, 4.69) is 4.18 Å². The lowest BCUT2D eigenvalue weighted by Crippen LogP contribution is -2.28. The van der Waals surface area contributed by atoms with Crippen LogP contribution in [0, 0.1) is 0 Å². The monoisotopic (exact) mass is 310 g/mol. The van der Waals surface area contributed by atoms with E-state index in [9.17, 15) is 21.6 Å². The number of fused-ring (bicyclic) bond motifs is 1. The Hall–Kier alpha value is -1.47. The summed E-state index contributed by atoms with van der Waals surface area (Å²) in [5.41, 5.74) is -4.73. The predicted molar refractivity (Wildman–Crippen MR) is 63.7 cm³/mol. The van der Waals surface area contributed by atoms with E-state index in [0.717, 1.165) is 6.07 Å². The standard InChI is InChI=1S/C11H6ClF3O3S/c12-8-3-1-7-2-6-10(9(7)5-4-8)18-19(16,17)11(13,14)15/h1-6H. The first-order valence-corrected chi connectivity index (χ1v) is 6.68. The lowest BCUT2D eigenvalue weighted by molar-refractivity contribution is -0.0499. The summed E-state index contributed by atoms with van der Waals surface area (Å²) in [4.78, 5) is 0. The molecule has 102 valence electrons. The third-order valence-corrected chi connectivity index (χ3v) is 3.52. The molecule has 0 saturated heterocycles. The minimum absolute atomic E-state index is 0.222. The Balaban J connectivity index is 2.45. The fourth-order valence-electron chi connectivity index (χ4n) is 1.44. The molecule has 3 nitrogen and oxygen atoms in total. The molecule has 0 spiro atoms. The minimum atomic E-state index is -5.68. The number of rotatable bonds is 2. The Kier molecular flexibility index (Phi) is 3.36. The van der Waals surface area contributed by atoms with Crippen LogP contribution in [0.1, 0.15) is 0 Å². The molecule has 0 aromatic rings. The number of hydrogen-bond acceptors (Lipinski definition) is 3. The molecule has 0 saturated carbocycles. The zero-order chi connectivity index (χ0) is 14.3. The Labute approximate surface area is 112 Å². The molecular weight excluding hydrogens is 305 g/mol. The third kappa shape index (κ3) is 2.76. The largest absolute Gasteiger partial charge is 0.534 e. The van der Waals surface area contributed by atoms with Crippen LogP contribution in [0.2, 0.25) is 5.02 Å². The van der Waals surface area contributed by atoms with Crippen molar-refractivity contribution in [2.75, 3.05) is 0 Å². The van der Waals surface area contributed by atoms with E-state index < -0.39 is 15.6 Å². The third-order valence-electron chi connectivity index (χ3n) is 2.31.